The summed E-state index contributed by atoms with van der Waals surface area (Å²) in [5.74, 6) is -1.63. The van der Waals surface area contributed by atoms with E-state index >= 15 is 0 Å². The number of hydrogen-bond acceptors (Lipinski definition) is 9. The van der Waals surface area contributed by atoms with Crippen molar-refractivity contribution in [2.45, 2.75) is 39.0 Å². The lowest BCUT2D eigenvalue weighted by atomic mass is 10.2. The summed E-state index contributed by atoms with van der Waals surface area (Å²) in [5, 5.41) is 0. The minimum atomic E-state index is -3.21. The zero-order valence-electron chi connectivity index (χ0n) is 21.8. The van der Waals surface area contributed by atoms with Crippen molar-refractivity contribution in [3.05, 3.63) is 63.1 Å². The minimum absolute atomic E-state index is 0.00283. The number of carbonyl (C=O) groups excluding carboxylic acids is 2. The van der Waals surface area contributed by atoms with Gasteiger partial charge in [0, 0.05) is 26.2 Å². The van der Waals surface area contributed by atoms with Crippen molar-refractivity contribution in [1.82, 2.24) is 23.6 Å². The topological polar surface area (TPSA) is 152 Å². The number of imidazole rings is 1. The summed E-state index contributed by atoms with van der Waals surface area (Å²) < 4.78 is 37.5. The van der Waals surface area contributed by atoms with Crippen LogP contribution in [-0.2, 0) is 48.5 Å². The monoisotopic (exact) mass is 561 g/mol. The number of nitrogens with zero attached hydrogens (tertiary/aromatic N) is 5. The molecule has 1 aromatic carbocycles. The summed E-state index contributed by atoms with van der Waals surface area (Å²) >= 11 is 0. The number of hydrogen-bond donors (Lipinski definition) is 0. The fourth-order valence-electron chi connectivity index (χ4n) is 4.71. The molecule has 1 amide bonds. The van der Waals surface area contributed by atoms with E-state index in [1.165, 1.54) is 22.9 Å². The first kappa shape index (κ1) is 28.2. The summed E-state index contributed by atoms with van der Waals surface area (Å²) in [5.41, 5.74) is -0.370. The maximum atomic E-state index is 13.4. The molecule has 39 heavy (non-hydrogen) atoms. The lowest BCUT2D eigenvalue weighted by Crippen LogP contribution is -2.44. The van der Waals surface area contributed by atoms with Crippen LogP contribution in [0.3, 0.4) is 0 Å². The Bertz CT molecular complexity index is 1580. The second kappa shape index (κ2) is 11.9. The van der Waals surface area contributed by atoms with Gasteiger partial charge in [0.25, 0.3) is 11.5 Å². The number of rotatable bonds is 11. The lowest BCUT2D eigenvalue weighted by Gasteiger charge is -2.26. The zero-order valence-corrected chi connectivity index (χ0v) is 22.6. The summed E-state index contributed by atoms with van der Waals surface area (Å²) in [4.78, 5) is 57.9. The van der Waals surface area contributed by atoms with Gasteiger partial charge in [-0.15, -0.1) is 0 Å². The van der Waals surface area contributed by atoms with Crippen molar-refractivity contribution in [3.8, 4) is 0 Å². The van der Waals surface area contributed by atoms with Gasteiger partial charge in [-0.1, -0.05) is 30.3 Å². The summed E-state index contributed by atoms with van der Waals surface area (Å²) in [6.45, 7) is 1.32. The third-order valence-electron chi connectivity index (χ3n) is 6.66. The van der Waals surface area contributed by atoms with Gasteiger partial charge in [0.1, 0.15) is 6.54 Å². The molecule has 2 aromatic heterocycles. The number of aromatic nitrogens is 4. The average Bonchev–Trinajstić information content (AvgIpc) is 3.50. The minimum Gasteiger partial charge on any atom is -0.454 e. The first-order valence-corrected chi connectivity index (χ1v) is 14.3. The number of methoxy groups -OCH3 is 1. The van der Waals surface area contributed by atoms with Crippen molar-refractivity contribution >= 4 is 32.9 Å². The van der Waals surface area contributed by atoms with Crippen LogP contribution in [0.15, 0.2) is 46.2 Å². The Kier molecular flexibility index (Phi) is 8.65. The highest BCUT2D eigenvalue weighted by Crippen LogP contribution is 2.18. The van der Waals surface area contributed by atoms with Gasteiger partial charge in [0.15, 0.2) is 27.6 Å². The van der Waals surface area contributed by atoms with E-state index in [-0.39, 0.29) is 35.8 Å². The number of ether oxygens (including phenoxy) is 2. The van der Waals surface area contributed by atoms with Gasteiger partial charge in [-0.3, -0.25) is 19.0 Å². The fraction of sp³-hybridized carbons (Fsp3) is 0.480. The molecule has 210 valence electrons. The molecule has 0 saturated carbocycles. The van der Waals surface area contributed by atoms with E-state index in [4.69, 9.17) is 9.47 Å². The maximum Gasteiger partial charge on any atom is 0.333 e. The molecule has 1 aliphatic rings. The molecule has 0 unspecified atom stereocenters. The Morgan fingerprint density at radius 2 is 1.90 bits per heavy atom. The molecular formula is C25H31N5O8S. The van der Waals surface area contributed by atoms with E-state index in [0.29, 0.717) is 19.6 Å². The number of likely N-dealkylation sites (N-methyl/N-ethyl adjacent to an activating group) is 1. The van der Waals surface area contributed by atoms with Crippen molar-refractivity contribution < 1.29 is 27.5 Å². The van der Waals surface area contributed by atoms with Crippen LogP contribution in [0.2, 0.25) is 0 Å². The second-order valence-corrected chi connectivity index (χ2v) is 11.5. The highest BCUT2D eigenvalue weighted by Gasteiger charge is 2.34. The first-order chi connectivity index (χ1) is 18.6. The first-order valence-electron chi connectivity index (χ1n) is 12.5. The number of fused-ring (bicyclic) bond motifs is 1. The molecule has 0 bridgehead atoms. The van der Waals surface area contributed by atoms with E-state index in [1.54, 1.807) is 11.5 Å². The van der Waals surface area contributed by atoms with Gasteiger partial charge in [0.2, 0.25) is 0 Å². The molecule has 1 saturated heterocycles. The molecular weight excluding hydrogens is 530 g/mol. The molecule has 14 heteroatoms. The second-order valence-electron chi connectivity index (χ2n) is 9.25. The van der Waals surface area contributed by atoms with Crippen molar-refractivity contribution in [2.75, 3.05) is 38.4 Å². The van der Waals surface area contributed by atoms with E-state index in [9.17, 15) is 27.6 Å². The predicted molar refractivity (Wildman–Crippen MR) is 141 cm³/mol. The van der Waals surface area contributed by atoms with Crippen LogP contribution in [0.1, 0.15) is 18.9 Å². The lowest BCUT2D eigenvalue weighted by molar-refractivity contribution is -0.153. The van der Waals surface area contributed by atoms with Gasteiger partial charge in [-0.05, 0) is 18.9 Å². The third-order valence-corrected chi connectivity index (χ3v) is 8.41. The van der Waals surface area contributed by atoms with Crippen molar-refractivity contribution in [2.24, 2.45) is 0 Å². The van der Waals surface area contributed by atoms with Crippen LogP contribution in [0.4, 0.5) is 0 Å². The molecule has 0 N–H and O–H groups in total. The molecule has 1 aliphatic heterocycles. The predicted octanol–water partition coefficient (Wildman–Crippen LogP) is -0.367. The number of amides is 1. The number of sulfone groups is 1. The standard InChI is InChI=1S/C25H31N5O8S/c1-3-28(19-9-12-39(35,36)16-19)20(31)15-38-21(32)14-30-24(33)22-23(26-17-27(22)10-11-37-2)29(25(30)34)13-18-7-5-4-6-8-18/h4-8,17,19H,3,9-16H2,1-2H3/t19-/m1/s1. The molecule has 1 fully saturated rings. The Hall–Kier alpha value is -3.78. The Morgan fingerprint density at radius 1 is 1.15 bits per heavy atom. The highest BCUT2D eigenvalue weighted by molar-refractivity contribution is 7.91. The molecule has 0 aliphatic carbocycles. The van der Waals surface area contributed by atoms with Gasteiger partial charge < -0.3 is 18.9 Å². The smallest absolute Gasteiger partial charge is 0.333 e. The van der Waals surface area contributed by atoms with Crippen LogP contribution in [0, 0.1) is 0 Å². The van der Waals surface area contributed by atoms with Crippen molar-refractivity contribution in [3.63, 3.8) is 0 Å². The van der Waals surface area contributed by atoms with Crippen LogP contribution < -0.4 is 11.2 Å². The summed E-state index contributed by atoms with van der Waals surface area (Å²) in [7, 11) is -1.69. The van der Waals surface area contributed by atoms with Crippen LogP contribution in [0.25, 0.3) is 11.2 Å². The summed E-state index contributed by atoms with van der Waals surface area (Å²) in [6, 6.07) is 8.65. The number of esters is 1. The number of benzene rings is 1. The van der Waals surface area contributed by atoms with Crippen LogP contribution in [-0.4, -0.2) is 88.3 Å². The molecule has 0 spiro atoms. The molecule has 1 atom stereocenters. The molecule has 13 nitrogen and oxygen atoms in total. The van der Waals surface area contributed by atoms with Gasteiger partial charge in [0.05, 0.1) is 31.0 Å². The fourth-order valence-corrected chi connectivity index (χ4v) is 6.44. The third kappa shape index (κ3) is 6.28. The molecule has 3 heterocycles. The molecule has 4 rings (SSSR count). The van der Waals surface area contributed by atoms with E-state index in [1.807, 2.05) is 30.3 Å². The zero-order chi connectivity index (χ0) is 28.2. The Morgan fingerprint density at radius 3 is 2.54 bits per heavy atom. The quantitative estimate of drug-likeness (QED) is 0.286. The van der Waals surface area contributed by atoms with Gasteiger partial charge in [-0.2, -0.15) is 0 Å². The largest absolute Gasteiger partial charge is 0.454 e. The summed E-state index contributed by atoms with van der Waals surface area (Å²) in [6.07, 6.45) is 1.76. The number of carbonyl (C=O) groups is 2. The van der Waals surface area contributed by atoms with E-state index in [2.05, 4.69) is 4.98 Å². The van der Waals surface area contributed by atoms with Gasteiger partial charge >= 0.3 is 11.7 Å². The SMILES string of the molecule is CCN(C(=O)COC(=O)Cn1c(=O)c2c(ncn2CCOC)n(Cc2ccccc2)c1=O)[C@@H]1CCS(=O)(=O)C1. The van der Waals surface area contributed by atoms with Crippen LogP contribution in [0.5, 0.6) is 0 Å². The Labute approximate surface area is 224 Å². The van der Waals surface area contributed by atoms with E-state index in [0.717, 1.165) is 10.1 Å². The maximum absolute atomic E-state index is 13.4. The molecule has 3 aromatic rings. The van der Waals surface area contributed by atoms with E-state index < -0.39 is 52.2 Å². The highest BCUT2D eigenvalue weighted by atomic mass is 32.2. The Balaban J connectivity index is 1.58. The normalized spacial score (nSPS) is 16.4. The molecule has 0 radical (unpaired) electrons. The van der Waals surface area contributed by atoms with Crippen LogP contribution >= 0.6 is 0 Å². The van der Waals surface area contributed by atoms with Gasteiger partial charge in [-0.25, -0.2) is 22.8 Å². The average molecular weight is 562 g/mol. The van der Waals surface area contributed by atoms with Crippen molar-refractivity contribution in [1.29, 1.82) is 0 Å².